The van der Waals surface area contributed by atoms with E-state index in [4.69, 9.17) is 4.98 Å². The number of benzene rings is 3. The van der Waals surface area contributed by atoms with Crippen LogP contribution < -0.4 is 5.32 Å². The summed E-state index contributed by atoms with van der Waals surface area (Å²) >= 11 is 1.26. The van der Waals surface area contributed by atoms with E-state index in [1.54, 1.807) is 36.4 Å². The van der Waals surface area contributed by atoms with Gasteiger partial charge in [0.05, 0.1) is 5.57 Å². The van der Waals surface area contributed by atoms with Gasteiger partial charge in [-0.1, -0.05) is 77.6 Å². The summed E-state index contributed by atoms with van der Waals surface area (Å²) < 4.78 is 14.5. The second-order valence-corrected chi connectivity index (χ2v) is 8.70. The van der Waals surface area contributed by atoms with E-state index in [0.717, 1.165) is 11.1 Å². The Hall–Kier alpha value is -4.50. The molecule has 2 N–H and O–H groups in total. The van der Waals surface area contributed by atoms with Crippen molar-refractivity contribution in [1.82, 2.24) is 25.6 Å². The molecule has 0 radical (unpaired) electrons. The van der Waals surface area contributed by atoms with Crippen molar-refractivity contribution in [1.29, 1.82) is 0 Å². The number of aryl methyl sites for hydroxylation is 1. The van der Waals surface area contributed by atoms with E-state index in [1.165, 1.54) is 17.4 Å². The summed E-state index contributed by atoms with van der Waals surface area (Å²) in [6.45, 7) is 1.96. The molecule has 2 heterocycles. The lowest BCUT2D eigenvalue weighted by Crippen LogP contribution is -2.11. The van der Waals surface area contributed by atoms with Gasteiger partial charge in [0.2, 0.25) is 5.82 Å². The van der Waals surface area contributed by atoms with Crippen LogP contribution in [0.1, 0.15) is 32.3 Å². The highest BCUT2D eigenvalue weighted by Gasteiger charge is 2.21. The first-order valence-corrected chi connectivity index (χ1v) is 11.5. The number of rotatable bonds is 6. The Morgan fingerprint density at radius 2 is 1.74 bits per heavy atom. The molecule has 3 aromatic carbocycles. The predicted molar refractivity (Wildman–Crippen MR) is 134 cm³/mol. The molecule has 1 amide bonds. The first-order chi connectivity index (χ1) is 17.1. The number of carbonyl (C=O) groups is 1. The molecule has 0 saturated carbocycles. The smallest absolute Gasteiger partial charge is 0.256 e. The highest BCUT2D eigenvalue weighted by Crippen LogP contribution is 2.38. The Labute approximate surface area is 204 Å². The molecular weight excluding hydrogens is 463 g/mol. The van der Waals surface area contributed by atoms with Gasteiger partial charge in [-0.3, -0.25) is 4.79 Å². The largest absolute Gasteiger partial charge is 0.312 e. The minimum atomic E-state index is -0.388. The molecule has 0 unspecified atom stereocenters. The number of amides is 1. The van der Waals surface area contributed by atoms with E-state index in [0.29, 0.717) is 32.4 Å². The monoisotopic (exact) mass is 482 g/mol. The maximum Gasteiger partial charge on any atom is 0.256 e. The SMILES string of the molecule is Cc1ccc(C(=O)Nc2sc(/C(=C\c3ccccc3F)c3nn[nH]n3)nc2-c2ccccc2)cc1. The summed E-state index contributed by atoms with van der Waals surface area (Å²) in [4.78, 5) is 17.8. The molecule has 0 atom stereocenters. The quantitative estimate of drug-likeness (QED) is 0.328. The maximum atomic E-state index is 14.5. The van der Waals surface area contributed by atoms with Gasteiger partial charge in [-0.25, -0.2) is 9.37 Å². The summed E-state index contributed by atoms with van der Waals surface area (Å²) in [6.07, 6.45) is 1.62. The standard InChI is InChI=1S/C26H19FN6OS/c1-16-11-13-18(14-12-16)24(34)29-26-22(17-7-3-2-4-8-17)28-25(35-26)20(23-30-32-33-31-23)15-19-9-5-6-10-21(19)27/h2-15H,1H3,(H,29,34)(H,30,31,32,33)/b20-15-. The fraction of sp³-hybridized carbons (Fsp3) is 0.0385. The molecule has 0 saturated heterocycles. The average Bonchev–Trinajstić information content (AvgIpc) is 3.55. The van der Waals surface area contributed by atoms with Crippen molar-refractivity contribution in [2.75, 3.05) is 5.32 Å². The molecule has 0 spiro atoms. The Bertz CT molecular complexity index is 1490. The molecule has 0 aliphatic heterocycles. The van der Waals surface area contributed by atoms with Crippen LogP contribution in [0.15, 0.2) is 78.9 Å². The minimum Gasteiger partial charge on any atom is -0.312 e. The fourth-order valence-corrected chi connectivity index (χ4v) is 4.43. The van der Waals surface area contributed by atoms with Crippen molar-refractivity contribution >= 4 is 33.9 Å². The molecule has 0 aliphatic carbocycles. The lowest BCUT2D eigenvalue weighted by molar-refractivity contribution is 0.102. The highest BCUT2D eigenvalue weighted by atomic mass is 32.1. The van der Waals surface area contributed by atoms with Crippen LogP contribution in [0, 0.1) is 12.7 Å². The van der Waals surface area contributed by atoms with Gasteiger partial charge in [-0.15, -0.1) is 10.2 Å². The second-order valence-electron chi connectivity index (χ2n) is 7.70. The van der Waals surface area contributed by atoms with E-state index in [-0.39, 0.29) is 17.5 Å². The molecule has 2 aromatic heterocycles. The first kappa shape index (κ1) is 22.3. The number of aromatic nitrogens is 5. The van der Waals surface area contributed by atoms with Gasteiger partial charge in [-0.05, 0) is 36.4 Å². The summed E-state index contributed by atoms with van der Waals surface area (Å²) in [7, 11) is 0. The van der Waals surface area contributed by atoms with E-state index >= 15 is 0 Å². The number of nitrogens with zero attached hydrogens (tertiary/aromatic N) is 4. The van der Waals surface area contributed by atoms with Crippen molar-refractivity contribution < 1.29 is 9.18 Å². The van der Waals surface area contributed by atoms with Crippen molar-refractivity contribution in [3.8, 4) is 11.3 Å². The number of anilines is 1. The average molecular weight is 483 g/mol. The summed E-state index contributed by atoms with van der Waals surface area (Å²) in [6, 6.07) is 23.2. The molecule has 0 aliphatic rings. The number of carbonyl (C=O) groups excluding carboxylic acids is 1. The highest BCUT2D eigenvalue weighted by molar-refractivity contribution is 7.17. The molecule has 35 heavy (non-hydrogen) atoms. The Balaban J connectivity index is 1.62. The number of hydrogen-bond donors (Lipinski definition) is 2. The third-order valence-electron chi connectivity index (χ3n) is 5.24. The third-order valence-corrected chi connectivity index (χ3v) is 6.24. The van der Waals surface area contributed by atoms with Crippen LogP contribution in [0.3, 0.4) is 0 Å². The summed E-state index contributed by atoms with van der Waals surface area (Å²) in [5, 5.41) is 18.3. The zero-order chi connectivity index (χ0) is 24.2. The number of tetrazole rings is 1. The number of nitrogens with one attached hydrogen (secondary N) is 2. The van der Waals surface area contributed by atoms with Gasteiger partial charge in [-0.2, -0.15) is 5.21 Å². The van der Waals surface area contributed by atoms with Crippen LogP contribution in [0.5, 0.6) is 0 Å². The normalized spacial score (nSPS) is 11.4. The van der Waals surface area contributed by atoms with Crippen LogP contribution >= 0.6 is 11.3 Å². The molecule has 9 heteroatoms. The van der Waals surface area contributed by atoms with Gasteiger partial charge >= 0.3 is 0 Å². The van der Waals surface area contributed by atoms with Crippen molar-refractivity contribution in [3.05, 3.63) is 112 Å². The van der Waals surface area contributed by atoms with Gasteiger partial charge in [0.15, 0.2) is 0 Å². The fourth-order valence-electron chi connectivity index (χ4n) is 3.44. The van der Waals surface area contributed by atoms with Gasteiger partial charge in [0.1, 0.15) is 21.5 Å². The van der Waals surface area contributed by atoms with Crippen molar-refractivity contribution in [2.24, 2.45) is 0 Å². The van der Waals surface area contributed by atoms with Crippen LogP contribution in [-0.4, -0.2) is 31.5 Å². The molecule has 0 fully saturated rings. The minimum absolute atomic E-state index is 0.253. The van der Waals surface area contributed by atoms with Crippen LogP contribution in [0.4, 0.5) is 9.39 Å². The summed E-state index contributed by atoms with van der Waals surface area (Å²) in [5.74, 6) is -0.379. The lowest BCUT2D eigenvalue weighted by Gasteiger charge is -2.05. The molecule has 172 valence electrons. The predicted octanol–water partition coefficient (Wildman–Crippen LogP) is 5.61. The van der Waals surface area contributed by atoms with Crippen molar-refractivity contribution in [2.45, 2.75) is 6.92 Å². The lowest BCUT2D eigenvalue weighted by atomic mass is 10.1. The second kappa shape index (κ2) is 9.78. The Morgan fingerprint density at radius 1 is 1.00 bits per heavy atom. The van der Waals surface area contributed by atoms with E-state index < -0.39 is 0 Å². The molecule has 0 bridgehead atoms. The number of thiazole rings is 1. The van der Waals surface area contributed by atoms with Crippen LogP contribution in [-0.2, 0) is 0 Å². The van der Waals surface area contributed by atoms with Crippen LogP contribution in [0.25, 0.3) is 22.9 Å². The number of H-pyrrole nitrogens is 1. The maximum absolute atomic E-state index is 14.5. The third kappa shape index (κ3) is 4.90. The van der Waals surface area contributed by atoms with Gasteiger partial charge in [0.25, 0.3) is 5.91 Å². The number of aromatic amines is 1. The number of halogens is 1. The molecule has 5 aromatic rings. The number of hydrogen-bond acceptors (Lipinski definition) is 6. The first-order valence-electron chi connectivity index (χ1n) is 10.7. The van der Waals surface area contributed by atoms with Gasteiger partial charge < -0.3 is 5.32 Å². The van der Waals surface area contributed by atoms with Crippen molar-refractivity contribution in [3.63, 3.8) is 0 Å². The molecule has 5 rings (SSSR count). The van der Waals surface area contributed by atoms with Gasteiger partial charge in [0, 0.05) is 16.7 Å². The summed E-state index contributed by atoms with van der Waals surface area (Å²) in [5.41, 5.74) is 3.84. The Kier molecular flexibility index (Phi) is 6.23. The zero-order valence-electron chi connectivity index (χ0n) is 18.6. The van der Waals surface area contributed by atoms with Crippen LogP contribution in [0.2, 0.25) is 0 Å². The van der Waals surface area contributed by atoms with E-state index in [1.807, 2.05) is 49.4 Å². The van der Waals surface area contributed by atoms with E-state index in [9.17, 15) is 9.18 Å². The van der Waals surface area contributed by atoms with E-state index in [2.05, 4.69) is 25.9 Å². The molecular formula is C26H19FN6OS. The topological polar surface area (TPSA) is 96.5 Å². The zero-order valence-corrected chi connectivity index (χ0v) is 19.4. The Morgan fingerprint density at radius 3 is 2.46 bits per heavy atom. The molecule has 7 nitrogen and oxygen atoms in total.